The third kappa shape index (κ3) is 3.59. The van der Waals surface area contributed by atoms with E-state index in [0.29, 0.717) is 12.8 Å². The van der Waals surface area contributed by atoms with Gasteiger partial charge < -0.3 is 9.59 Å². The van der Waals surface area contributed by atoms with Crippen molar-refractivity contribution in [2.75, 3.05) is 0 Å². The SMILES string of the molecule is Cc1cc(Br)ccc1CC(C=O)CC=O. The molecule has 3 heteroatoms. The normalized spacial score (nSPS) is 12.1. The monoisotopic (exact) mass is 268 g/mol. The molecular weight excluding hydrogens is 256 g/mol. The lowest BCUT2D eigenvalue weighted by Crippen LogP contribution is -2.07. The minimum atomic E-state index is -0.192. The smallest absolute Gasteiger partial charge is 0.123 e. The number of aryl methyl sites for hydroxylation is 1. The van der Waals surface area contributed by atoms with Crippen molar-refractivity contribution in [3.63, 3.8) is 0 Å². The Bertz CT molecular complexity index is 361. The quantitative estimate of drug-likeness (QED) is 0.770. The van der Waals surface area contributed by atoms with Gasteiger partial charge in [0.1, 0.15) is 12.6 Å². The molecule has 2 nitrogen and oxygen atoms in total. The molecule has 1 unspecified atom stereocenters. The molecule has 1 atom stereocenters. The van der Waals surface area contributed by atoms with Crippen molar-refractivity contribution in [3.05, 3.63) is 33.8 Å². The predicted molar refractivity (Wildman–Crippen MR) is 62.8 cm³/mol. The number of hydrogen-bond acceptors (Lipinski definition) is 2. The molecule has 80 valence electrons. The van der Waals surface area contributed by atoms with Crippen molar-refractivity contribution < 1.29 is 9.59 Å². The molecule has 0 saturated carbocycles. The fourth-order valence-electron chi connectivity index (χ4n) is 1.48. The van der Waals surface area contributed by atoms with E-state index in [-0.39, 0.29) is 5.92 Å². The molecule has 0 bridgehead atoms. The molecule has 0 radical (unpaired) electrons. The van der Waals surface area contributed by atoms with E-state index in [2.05, 4.69) is 15.9 Å². The summed E-state index contributed by atoms with van der Waals surface area (Å²) in [5.41, 5.74) is 2.26. The van der Waals surface area contributed by atoms with Crippen molar-refractivity contribution >= 4 is 28.5 Å². The fraction of sp³-hybridized carbons (Fsp3) is 0.333. The summed E-state index contributed by atoms with van der Waals surface area (Å²) in [6.45, 7) is 2.00. The molecule has 0 spiro atoms. The van der Waals surface area contributed by atoms with Crippen molar-refractivity contribution in [2.45, 2.75) is 19.8 Å². The van der Waals surface area contributed by atoms with Crippen LogP contribution in [0.1, 0.15) is 17.5 Å². The van der Waals surface area contributed by atoms with Crippen LogP contribution < -0.4 is 0 Å². The van der Waals surface area contributed by atoms with Crippen LogP contribution in [-0.2, 0) is 16.0 Å². The Labute approximate surface area is 97.8 Å². The van der Waals surface area contributed by atoms with Gasteiger partial charge in [0.05, 0.1) is 0 Å². The van der Waals surface area contributed by atoms with Crippen LogP contribution in [0.5, 0.6) is 0 Å². The van der Waals surface area contributed by atoms with Crippen LogP contribution in [0.25, 0.3) is 0 Å². The first-order valence-corrected chi connectivity index (χ1v) is 5.60. The van der Waals surface area contributed by atoms with Gasteiger partial charge in [0.2, 0.25) is 0 Å². The Morgan fingerprint density at radius 2 is 2.13 bits per heavy atom. The number of halogens is 1. The summed E-state index contributed by atoms with van der Waals surface area (Å²) in [6.07, 6.45) is 2.60. The van der Waals surface area contributed by atoms with E-state index in [4.69, 9.17) is 0 Å². The molecule has 0 saturated heterocycles. The second-order valence-electron chi connectivity index (χ2n) is 3.57. The number of carbonyl (C=O) groups excluding carboxylic acids is 2. The summed E-state index contributed by atoms with van der Waals surface area (Å²) in [5, 5.41) is 0. The van der Waals surface area contributed by atoms with Crippen LogP contribution in [0.4, 0.5) is 0 Å². The van der Waals surface area contributed by atoms with Crippen molar-refractivity contribution in [3.8, 4) is 0 Å². The average Bonchev–Trinajstić information content (AvgIpc) is 2.21. The average molecular weight is 269 g/mol. The molecule has 15 heavy (non-hydrogen) atoms. The van der Waals surface area contributed by atoms with Crippen LogP contribution >= 0.6 is 15.9 Å². The predicted octanol–water partition coefficient (Wildman–Crippen LogP) is 2.70. The first-order valence-electron chi connectivity index (χ1n) is 4.81. The minimum absolute atomic E-state index is 0.192. The molecule has 1 aromatic rings. The van der Waals surface area contributed by atoms with Crippen LogP contribution in [0, 0.1) is 12.8 Å². The lowest BCUT2D eigenvalue weighted by Gasteiger charge is -2.09. The fourth-order valence-corrected chi connectivity index (χ4v) is 1.96. The van der Waals surface area contributed by atoms with Crippen molar-refractivity contribution in [1.82, 2.24) is 0 Å². The van der Waals surface area contributed by atoms with E-state index >= 15 is 0 Å². The van der Waals surface area contributed by atoms with E-state index in [1.807, 2.05) is 25.1 Å². The molecule has 0 amide bonds. The van der Waals surface area contributed by atoms with Crippen LogP contribution in [0.2, 0.25) is 0 Å². The summed E-state index contributed by atoms with van der Waals surface area (Å²) in [5.74, 6) is -0.192. The minimum Gasteiger partial charge on any atom is -0.303 e. The lowest BCUT2D eigenvalue weighted by atomic mass is 9.95. The zero-order valence-corrected chi connectivity index (χ0v) is 10.2. The zero-order chi connectivity index (χ0) is 11.3. The largest absolute Gasteiger partial charge is 0.303 e. The van der Waals surface area contributed by atoms with Gasteiger partial charge in [-0.1, -0.05) is 22.0 Å². The van der Waals surface area contributed by atoms with Crippen LogP contribution in [0.15, 0.2) is 22.7 Å². The summed E-state index contributed by atoms with van der Waals surface area (Å²) in [7, 11) is 0. The summed E-state index contributed by atoms with van der Waals surface area (Å²) >= 11 is 3.38. The van der Waals surface area contributed by atoms with Gasteiger partial charge in [0, 0.05) is 16.8 Å². The maximum absolute atomic E-state index is 10.7. The molecule has 0 aliphatic carbocycles. The van der Waals surface area contributed by atoms with Crippen molar-refractivity contribution in [1.29, 1.82) is 0 Å². The lowest BCUT2D eigenvalue weighted by molar-refractivity contribution is -0.115. The third-order valence-electron chi connectivity index (χ3n) is 2.38. The number of aldehydes is 2. The molecule has 1 rings (SSSR count). The van der Waals surface area contributed by atoms with E-state index in [9.17, 15) is 9.59 Å². The van der Waals surface area contributed by atoms with E-state index < -0.39 is 0 Å². The van der Waals surface area contributed by atoms with Gasteiger partial charge in [-0.25, -0.2) is 0 Å². The molecule has 0 fully saturated rings. The van der Waals surface area contributed by atoms with Crippen LogP contribution in [-0.4, -0.2) is 12.6 Å². The summed E-state index contributed by atoms with van der Waals surface area (Å²) < 4.78 is 1.03. The van der Waals surface area contributed by atoms with Gasteiger partial charge in [-0.15, -0.1) is 0 Å². The van der Waals surface area contributed by atoms with Gasteiger partial charge in [-0.3, -0.25) is 0 Å². The number of rotatable bonds is 5. The number of benzene rings is 1. The second kappa shape index (κ2) is 5.81. The molecule has 0 N–H and O–H groups in total. The topological polar surface area (TPSA) is 34.1 Å². The second-order valence-corrected chi connectivity index (χ2v) is 4.49. The maximum atomic E-state index is 10.7. The third-order valence-corrected chi connectivity index (χ3v) is 2.87. The number of carbonyl (C=O) groups is 2. The standard InChI is InChI=1S/C12H13BrO2/c1-9-6-12(13)3-2-11(9)7-10(8-15)4-5-14/h2-3,5-6,8,10H,4,7H2,1H3. The van der Waals surface area contributed by atoms with Crippen molar-refractivity contribution in [2.24, 2.45) is 5.92 Å². The molecule has 0 aromatic heterocycles. The van der Waals surface area contributed by atoms with E-state index in [0.717, 1.165) is 28.2 Å². The Morgan fingerprint density at radius 3 is 2.67 bits per heavy atom. The highest BCUT2D eigenvalue weighted by molar-refractivity contribution is 9.10. The summed E-state index contributed by atoms with van der Waals surface area (Å²) in [4.78, 5) is 21.0. The van der Waals surface area contributed by atoms with Gasteiger partial charge in [0.15, 0.2) is 0 Å². The Hall–Kier alpha value is -0.960. The van der Waals surface area contributed by atoms with E-state index in [1.54, 1.807) is 0 Å². The van der Waals surface area contributed by atoms with Crippen LogP contribution in [0.3, 0.4) is 0 Å². The van der Waals surface area contributed by atoms with E-state index in [1.165, 1.54) is 0 Å². The summed E-state index contributed by atoms with van der Waals surface area (Å²) in [6, 6.07) is 5.95. The van der Waals surface area contributed by atoms with Gasteiger partial charge >= 0.3 is 0 Å². The van der Waals surface area contributed by atoms with Gasteiger partial charge in [-0.05, 0) is 36.6 Å². The molecule has 0 aliphatic rings. The molecule has 1 aromatic carbocycles. The highest BCUT2D eigenvalue weighted by Crippen LogP contribution is 2.19. The van der Waals surface area contributed by atoms with Gasteiger partial charge in [0.25, 0.3) is 0 Å². The Kier molecular flexibility index (Phi) is 4.69. The zero-order valence-electron chi connectivity index (χ0n) is 8.57. The Morgan fingerprint density at radius 1 is 1.40 bits per heavy atom. The molecule has 0 heterocycles. The number of hydrogen-bond donors (Lipinski definition) is 0. The first kappa shape index (κ1) is 12.1. The molecular formula is C12H13BrO2. The maximum Gasteiger partial charge on any atom is 0.123 e. The molecule has 0 aliphatic heterocycles. The highest BCUT2D eigenvalue weighted by Gasteiger charge is 2.09. The Balaban J connectivity index is 2.78. The first-order chi connectivity index (χ1) is 7.17. The highest BCUT2D eigenvalue weighted by atomic mass is 79.9. The van der Waals surface area contributed by atoms with Gasteiger partial charge in [-0.2, -0.15) is 0 Å².